The van der Waals surface area contributed by atoms with Gasteiger partial charge in [0.1, 0.15) is 6.04 Å². The molecule has 24 heavy (non-hydrogen) atoms. The summed E-state index contributed by atoms with van der Waals surface area (Å²) < 4.78 is 19.1. The highest BCUT2D eigenvalue weighted by Gasteiger charge is 2.16. The van der Waals surface area contributed by atoms with E-state index < -0.39 is 17.9 Å². The van der Waals surface area contributed by atoms with Gasteiger partial charge < -0.3 is 15.1 Å². The number of oxazole rings is 1. The summed E-state index contributed by atoms with van der Waals surface area (Å²) in [7, 11) is 0. The maximum Gasteiger partial charge on any atom is 0.319 e. The van der Waals surface area contributed by atoms with Crippen molar-refractivity contribution in [3.8, 4) is 11.3 Å². The van der Waals surface area contributed by atoms with Crippen LogP contribution < -0.4 is 10.6 Å². The van der Waals surface area contributed by atoms with Gasteiger partial charge in [-0.25, -0.2) is 14.2 Å². The maximum atomic E-state index is 13.5. The minimum absolute atomic E-state index is 0.0482. The lowest BCUT2D eigenvalue weighted by atomic mass is 10.2. The van der Waals surface area contributed by atoms with Crippen LogP contribution in [0, 0.1) is 5.82 Å². The molecule has 1 aromatic carbocycles. The molecule has 0 saturated heterocycles. The third kappa shape index (κ3) is 3.57. The zero-order valence-corrected chi connectivity index (χ0v) is 12.9. The normalized spacial score (nSPS) is 11.8. The van der Waals surface area contributed by atoms with Crippen LogP contribution in [-0.2, 0) is 0 Å². The summed E-state index contributed by atoms with van der Waals surface area (Å²) in [5, 5.41) is 5.06. The van der Waals surface area contributed by atoms with Crippen molar-refractivity contribution in [2.24, 2.45) is 0 Å². The van der Waals surface area contributed by atoms with E-state index in [1.165, 1.54) is 12.3 Å². The molecule has 122 valence electrons. The second-order valence-corrected chi connectivity index (χ2v) is 5.10. The van der Waals surface area contributed by atoms with E-state index in [4.69, 9.17) is 4.42 Å². The molecule has 0 aliphatic carbocycles. The Balaban J connectivity index is 1.65. The molecular formula is C17H15FN4O2. The molecule has 0 radical (unpaired) electrons. The van der Waals surface area contributed by atoms with Crippen LogP contribution in [-0.4, -0.2) is 16.0 Å². The molecule has 1 atom stereocenters. The number of aromatic nitrogens is 2. The summed E-state index contributed by atoms with van der Waals surface area (Å²) in [6.07, 6.45) is 4.02. The number of halogens is 1. The molecule has 6 nitrogen and oxygen atoms in total. The molecule has 0 saturated carbocycles. The molecule has 0 bridgehead atoms. The number of urea groups is 1. The highest BCUT2D eigenvalue weighted by molar-refractivity contribution is 5.89. The highest BCUT2D eigenvalue weighted by Crippen LogP contribution is 2.22. The second-order valence-electron chi connectivity index (χ2n) is 5.10. The van der Waals surface area contributed by atoms with E-state index in [2.05, 4.69) is 20.6 Å². The predicted molar refractivity (Wildman–Crippen MR) is 86.7 cm³/mol. The smallest absolute Gasteiger partial charge is 0.319 e. The molecule has 7 heteroatoms. The third-order valence-electron chi connectivity index (χ3n) is 3.32. The van der Waals surface area contributed by atoms with E-state index in [-0.39, 0.29) is 5.69 Å². The molecule has 2 aromatic heterocycles. The number of pyridine rings is 1. The fourth-order valence-corrected chi connectivity index (χ4v) is 2.12. The Labute approximate surface area is 137 Å². The number of nitrogens with zero attached hydrogens (tertiary/aromatic N) is 2. The first kappa shape index (κ1) is 15.7. The first-order chi connectivity index (χ1) is 11.6. The highest BCUT2D eigenvalue weighted by atomic mass is 19.1. The Morgan fingerprint density at radius 3 is 2.75 bits per heavy atom. The van der Waals surface area contributed by atoms with E-state index >= 15 is 0 Å². The van der Waals surface area contributed by atoms with Gasteiger partial charge >= 0.3 is 6.03 Å². The van der Waals surface area contributed by atoms with Crippen molar-refractivity contribution in [3.63, 3.8) is 0 Å². The van der Waals surface area contributed by atoms with Crippen LogP contribution in [0.2, 0.25) is 0 Å². The van der Waals surface area contributed by atoms with Crippen LogP contribution in [0.4, 0.5) is 14.9 Å². The van der Waals surface area contributed by atoms with Crippen molar-refractivity contribution in [1.82, 2.24) is 15.3 Å². The Kier molecular flexibility index (Phi) is 4.51. The first-order valence-electron chi connectivity index (χ1n) is 7.31. The maximum absolute atomic E-state index is 13.5. The number of anilines is 1. The number of rotatable bonds is 4. The van der Waals surface area contributed by atoms with E-state index in [0.29, 0.717) is 11.7 Å². The van der Waals surface area contributed by atoms with Gasteiger partial charge in [0.2, 0.25) is 5.89 Å². The summed E-state index contributed by atoms with van der Waals surface area (Å²) in [4.78, 5) is 19.7. The predicted octanol–water partition coefficient (Wildman–Crippen LogP) is 3.76. The first-order valence-corrected chi connectivity index (χ1v) is 7.31. The van der Waals surface area contributed by atoms with Gasteiger partial charge in [-0.3, -0.25) is 4.98 Å². The fourth-order valence-electron chi connectivity index (χ4n) is 2.12. The summed E-state index contributed by atoms with van der Waals surface area (Å²) in [5.74, 6) is 0.363. The Bertz CT molecular complexity index is 835. The lowest BCUT2D eigenvalue weighted by Gasteiger charge is -2.12. The van der Waals surface area contributed by atoms with Gasteiger partial charge in [-0.2, -0.15) is 0 Å². The van der Waals surface area contributed by atoms with Crippen molar-refractivity contribution >= 4 is 11.7 Å². The van der Waals surface area contributed by atoms with Gasteiger partial charge in [0.15, 0.2) is 11.6 Å². The number of hydrogen-bond acceptors (Lipinski definition) is 4. The summed E-state index contributed by atoms with van der Waals surface area (Å²) in [5.41, 5.74) is 0.943. The van der Waals surface area contributed by atoms with E-state index in [9.17, 15) is 9.18 Å². The number of amides is 2. The van der Waals surface area contributed by atoms with Crippen LogP contribution in [0.15, 0.2) is 59.4 Å². The van der Waals surface area contributed by atoms with Crippen LogP contribution >= 0.6 is 0 Å². The summed E-state index contributed by atoms with van der Waals surface area (Å²) in [6, 6.07) is 9.85. The molecule has 0 fully saturated rings. The zero-order valence-electron chi connectivity index (χ0n) is 12.9. The molecule has 0 aliphatic heterocycles. The largest absolute Gasteiger partial charge is 0.438 e. The van der Waals surface area contributed by atoms with Crippen LogP contribution in [0.25, 0.3) is 11.3 Å². The van der Waals surface area contributed by atoms with Gasteiger partial charge in [0.25, 0.3) is 0 Å². The van der Waals surface area contributed by atoms with E-state index in [0.717, 1.165) is 11.8 Å². The minimum Gasteiger partial charge on any atom is -0.438 e. The van der Waals surface area contributed by atoms with Gasteiger partial charge in [0, 0.05) is 11.8 Å². The van der Waals surface area contributed by atoms with Gasteiger partial charge in [-0.05, 0) is 13.0 Å². The number of hydrogen-bond donors (Lipinski definition) is 2. The SMILES string of the molecule is C[C@@H](NC(=O)Nc1ccncc1F)c1ncc(-c2ccccc2)o1. The Hall–Kier alpha value is -3.22. The quantitative estimate of drug-likeness (QED) is 0.765. The molecular weight excluding hydrogens is 311 g/mol. The van der Waals surface area contributed by atoms with E-state index in [1.807, 2.05) is 30.3 Å². The van der Waals surface area contributed by atoms with Crippen LogP contribution in [0.3, 0.4) is 0 Å². The van der Waals surface area contributed by atoms with Crippen molar-refractivity contribution in [2.45, 2.75) is 13.0 Å². The average molecular weight is 326 g/mol. The monoisotopic (exact) mass is 326 g/mol. The fraction of sp³-hybridized carbons (Fsp3) is 0.118. The van der Waals surface area contributed by atoms with Crippen molar-refractivity contribution < 1.29 is 13.6 Å². The molecule has 0 spiro atoms. The minimum atomic E-state index is -0.609. The Morgan fingerprint density at radius 1 is 1.21 bits per heavy atom. The second kappa shape index (κ2) is 6.91. The van der Waals surface area contributed by atoms with Gasteiger partial charge in [-0.15, -0.1) is 0 Å². The lowest BCUT2D eigenvalue weighted by Crippen LogP contribution is -2.31. The van der Waals surface area contributed by atoms with Crippen molar-refractivity contribution in [1.29, 1.82) is 0 Å². The average Bonchev–Trinajstić information content (AvgIpc) is 3.08. The molecule has 2 N–H and O–H groups in total. The van der Waals surface area contributed by atoms with Gasteiger partial charge in [-0.1, -0.05) is 30.3 Å². The number of nitrogens with one attached hydrogen (secondary N) is 2. The molecule has 0 aliphatic rings. The number of carbonyl (C=O) groups is 1. The third-order valence-corrected chi connectivity index (χ3v) is 3.32. The molecule has 2 heterocycles. The molecule has 3 rings (SSSR count). The zero-order chi connectivity index (χ0) is 16.9. The van der Waals surface area contributed by atoms with Gasteiger partial charge in [0.05, 0.1) is 18.1 Å². The van der Waals surface area contributed by atoms with E-state index in [1.54, 1.807) is 13.1 Å². The standard InChI is InChI=1S/C17H15FN4O2/c1-11(21-17(23)22-14-7-8-19-9-13(14)18)16-20-10-15(24-16)12-5-3-2-4-6-12/h2-11H,1H3,(H2,19,21,22,23)/t11-/m1/s1. The summed E-state index contributed by atoms with van der Waals surface area (Å²) >= 11 is 0. The Morgan fingerprint density at radius 2 is 2.00 bits per heavy atom. The number of benzene rings is 1. The summed E-state index contributed by atoms with van der Waals surface area (Å²) in [6.45, 7) is 1.73. The lowest BCUT2D eigenvalue weighted by molar-refractivity contribution is 0.247. The topological polar surface area (TPSA) is 80.0 Å². The molecule has 2 amide bonds. The molecule has 3 aromatic rings. The number of carbonyl (C=O) groups excluding carboxylic acids is 1. The van der Waals surface area contributed by atoms with Crippen molar-refractivity contribution in [2.75, 3.05) is 5.32 Å². The van der Waals surface area contributed by atoms with Crippen LogP contribution in [0.1, 0.15) is 18.9 Å². The van der Waals surface area contributed by atoms with Crippen molar-refractivity contribution in [3.05, 3.63) is 66.7 Å². The molecule has 0 unspecified atom stereocenters. The van der Waals surface area contributed by atoms with Crippen LogP contribution in [0.5, 0.6) is 0 Å².